The van der Waals surface area contributed by atoms with Crippen LogP contribution in [-0.4, -0.2) is 16.8 Å². The molecule has 0 unspecified atom stereocenters. The van der Waals surface area contributed by atoms with Gasteiger partial charge < -0.3 is 5.32 Å². The van der Waals surface area contributed by atoms with Crippen molar-refractivity contribution in [3.05, 3.63) is 62.8 Å². The van der Waals surface area contributed by atoms with Gasteiger partial charge in [-0.25, -0.2) is 4.98 Å². The van der Waals surface area contributed by atoms with Gasteiger partial charge in [0, 0.05) is 4.88 Å². The molecule has 7 heteroatoms. The monoisotopic (exact) mass is 397 g/mol. The number of hydrogen-bond acceptors (Lipinski definition) is 5. The molecule has 0 fully saturated rings. The van der Waals surface area contributed by atoms with Crippen molar-refractivity contribution in [3.8, 4) is 0 Å². The van der Waals surface area contributed by atoms with Gasteiger partial charge in [-0.05, 0) is 49.3 Å². The Labute approximate surface area is 165 Å². The maximum Gasteiger partial charge on any atom is 0.265 e. The van der Waals surface area contributed by atoms with E-state index in [1.165, 1.54) is 29.1 Å². The second-order valence-electron chi connectivity index (χ2n) is 6.38. The first-order valence-corrected chi connectivity index (χ1v) is 10.6. The number of fused-ring (bicyclic) bond motifs is 1. The SMILES string of the molecule is O=C(Nc1ccccc1C(=O)Nc1nc2c(s1)CCCCC2)c1cccs1. The van der Waals surface area contributed by atoms with E-state index in [0.29, 0.717) is 21.3 Å². The molecule has 1 aliphatic rings. The Morgan fingerprint density at radius 3 is 2.63 bits per heavy atom. The second kappa shape index (κ2) is 8.02. The molecule has 0 saturated heterocycles. The van der Waals surface area contributed by atoms with E-state index in [1.54, 1.807) is 41.7 Å². The number of nitrogens with one attached hydrogen (secondary N) is 2. The zero-order valence-corrected chi connectivity index (χ0v) is 16.3. The molecule has 2 N–H and O–H groups in total. The first-order valence-electron chi connectivity index (χ1n) is 8.94. The quantitative estimate of drug-likeness (QED) is 0.610. The summed E-state index contributed by atoms with van der Waals surface area (Å²) in [6.45, 7) is 0. The smallest absolute Gasteiger partial charge is 0.265 e. The summed E-state index contributed by atoms with van der Waals surface area (Å²) >= 11 is 2.92. The number of benzene rings is 1. The molecule has 0 aliphatic heterocycles. The van der Waals surface area contributed by atoms with Gasteiger partial charge in [-0.2, -0.15) is 0 Å². The largest absolute Gasteiger partial charge is 0.321 e. The van der Waals surface area contributed by atoms with Crippen LogP contribution >= 0.6 is 22.7 Å². The Morgan fingerprint density at radius 1 is 0.926 bits per heavy atom. The van der Waals surface area contributed by atoms with Crippen LogP contribution in [0.5, 0.6) is 0 Å². The summed E-state index contributed by atoms with van der Waals surface area (Å²) < 4.78 is 0. The summed E-state index contributed by atoms with van der Waals surface area (Å²) in [6, 6.07) is 10.6. The average molecular weight is 398 g/mol. The van der Waals surface area contributed by atoms with E-state index in [0.717, 1.165) is 25.0 Å². The molecule has 2 aromatic heterocycles. The topological polar surface area (TPSA) is 71.1 Å². The third kappa shape index (κ3) is 4.09. The van der Waals surface area contributed by atoms with Crippen LogP contribution in [0.3, 0.4) is 0 Å². The molecule has 2 heterocycles. The van der Waals surface area contributed by atoms with Gasteiger partial charge in [0.25, 0.3) is 11.8 Å². The van der Waals surface area contributed by atoms with E-state index in [4.69, 9.17) is 0 Å². The van der Waals surface area contributed by atoms with Crippen LogP contribution in [0.2, 0.25) is 0 Å². The fraction of sp³-hybridized carbons (Fsp3) is 0.250. The van der Waals surface area contributed by atoms with E-state index in [-0.39, 0.29) is 11.8 Å². The second-order valence-corrected chi connectivity index (χ2v) is 8.41. The van der Waals surface area contributed by atoms with Crippen molar-refractivity contribution in [1.29, 1.82) is 0 Å². The van der Waals surface area contributed by atoms with E-state index in [9.17, 15) is 9.59 Å². The maximum absolute atomic E-state index is 12.8. The van der Waals surface area contributed by atoms with Gasteiger partial charge in [0.15, 0.2) is 5.13 Å². The van der Waals surface area contributed by atoms with E-state index in [1.807, 2.05) is 11.4 Å². The first kappa shape index (κ1) is 17.9. The molecule has 138 valence electrons. The Bertz CT molecular complexity index is 940. The van der Waals surface area contributed by atoms with Gasteiger partial charge in [0.05, 0.1) is 21.8 Å². The van der Waals surface area contributed by atoms with Crippen molar-refractivity contribution in [2.24, 2.45) is 0 Å². The highest BCUT2D eigenvalue weighted by Gasteiger charge is 2.18. The minimum Gasteiger partial charge on any atom is -0.321 e. The Morgan fingerprint density at radius 2 is 1.78 bits per heavy atom. The molecule has 2 amide bonds. The van der Waals surface area contributed by atoms with Gasteiger partial charge in [0.1, 0.15) is 0 Å². The molecule has 0 spiro atoms. The zero-order chi connectivity index (χ0) is 18.6. The Kier molecular flexibility index (Phi) is 5.31. The molecule has 3 aromatic rings. The number of thiophene rings is 1. The fourth-order valence-corrected chi connectivity index (χ4v) is 4.79. The summed E-state index contributed by atoms with van der Waals surface area (Å²) in [5.41, 5.74) is 2.03. The highest BCUT2D eigenvalue weighted by molar-refractivity contribution is 7.15. The number of aryl methyl sites for hydroxylation is 2. The number of carbonyl (C=O) groups excluding carboxylic acids is 2. The van der Waals surface area contributed by atoms with Crippen LogP contribution < -0.4 is 10.6 Å². The Hall–Kier alpha value is -2.51. The molecule has 0 radical (unpaired) electrons. The number of anilines is 2. The maximum atomic E-state index is 12.8. The molecule has 1 aliphatic carbocycles. The highest BCUT2D eigenvalue weighted by atomic mass is 32.1. The minimum atomic E-state index is -0.263. The van der Waals surface area contributed by atoms with Crippen molar-refractivity contribution in [2.45, 2.75) is 32.1 Å². The lowest BCUT2D eigenvalue weighted by Gasteiger charge is -2.10. The average Bonchev–Trinajstić information content (AvgIpc) is 3.28. The van der Waals surface area contributed by atoms with E-state index in [2.05, 4.69) is 15.6 Å². The van der Waals surface area contributed by atoms with Gasteiger partial charge in [0.2, 0.25) is 0 Å². The number of thiazole rings is 1. The first-order chi connectivity index (χ1) is 13.2. The molecule has 0 saturated carbocycles. The lowest BCUT2D eigenvalue weighted by Crippen LogP contribution is -2.17. The number of aromatic nitrogens is 1. The highest BCUT2D eigenvalue weighted by Crippen LogP contribution is 2.29. The minimum absolute atomic E-state index is 0.216. The number of amides is 2. The van der Waals surface area contributed by atoms with Crippen LogP contribution in [0.1, 0.15) is 49.9 Å². The molecule has 4 rings (SSSR count). The van der Waals surface area contributed by atoms with Crippen LogP contribution in [0.25, 0.3) is 0 Å². The predicted octanol–water partition coefficient (Wildman–Crippen LogP) is 4.98. The molecule has 0 bridgehead atoms. The summed E-state index contributed by atoms with van der Waals surface area (Å²) in [5, 5.41) is 8.21. The number of para-hydroxylation sites is 1. The normalized spacial score (nSPS) is 13.5. The van der Waals surface area contributed by atoms with E-state index < -0.39 is 0 Å². The van der Waals surface area contributed by atoms with Gasteiger partial charge >= 0.3 is 0 Å². The van der Waals surface area contributed by atoms with Crippen LogP contribution in [0, 0.1) is 0 Å². The lowest BCUT2D eigenvalue weighted by atomic mass is 10.1. The molecule has 5 nitrogen and oxygen atoms in total. The standard InChI is InChI=1S/C20H19N3O2S2/c24-18(23-20-22-15-9-2-1-3-10-16(15)27-20)13-7-4-5-8-14(13)21-19(25)17-11-6-12-26-17/h4-8,11-12H,1-3,9-10H2,(H,21,25)(H,22,23,24). The van der Waals surface area contributed by atoms with Crippen LogP contribution in [-0.2, 0) is 12.8 Å². The van der Waals surface area contributed by atoms with Crippen molar-refractivity contribution in [1.82, 2.24) is 4.98 Å². The van der Waals surface area contributed by atoms with Gasteiger partial charge in [-0.15, -0.1) is 22.7 Å². The fourth-order valence-electron chi connectivity index (χ4n) is 3.13. The van der Waals surface area contributed by atoms with Gasteiger partial charge in [-0.1, -0.05) is 24.6 Å². The van der Waals surface area contributed by atoms with E-state index >= 15 is 0 Å². The number of rotatable bonds is 4. The summed E-state index contributed by atoms with van der Waals surface area (Å²) in [7, 11) is 0. The molecule has 1 aromatic carbocycles. The van der Waals surface area contributed by atoms with Crippen molar-refractivity contribution >= 4 is 45.3 Å². The molecule has 0 atom stereocenters. The zero-order valence-electron chi connectivity index (χ0n) is 14.7. The summed E-state index contributed by atoms with van der Waals surface area (Å²) in [5.74, 6) is -0.479. The van der Waals surface area contributed by atoms with Crippen molar-refractivity contribution in [2.75, 3.05) is 10.6 Å². The summed E-state index contributed by atoms with van der Waals surface area (Å²) in [6.07, 6.45) is 5.59. The predicted molar refractivity (Wildman–Crippen MR) is 110 cm³/mol. The van der Waals surface area contributed by atoms with Gasteiger partial charge in [-0.3, -0.25) is 14.9 Å². The van der Waals surface area contributed by atoms with Crippen molar-refractivity contribution in [3.63, 3.8) is 0 Å². The molecular weight excluding hydrogens is 378 g/mol. The molecular formula is C20H19N3O2S2. The molecule has 27 heavy (non-hydrogen) atoms. The number of carbonyl (C=O) groups is 2. The number of nitrogens with zero attached hydrogens (tertiary/aromatic N) is 1. The third-order valence-electron chi connectivity index (χ3n) is 4.48. The Balaban J connectivity index is 1.51. The summed E-state index contributed by atoms with van der Waals surface area (Å²) in [4.78, 5) is 31.6. The third-order valence-corrected chi connectivity index (χ3v) is 6.42. The lowest BCUT2D eigenvalue weighted by molar-refractivity contribution is 0.102. The van der Waals surface area contributed by atoms with Crippen molar-refractivity contribution < 1.29 is 9.59 Å². The number of hydrogen-bond donors (Lipinski definition) is 2. The van der Waals surface area contributed by atoms with Crippen LogP contribution in [0.15, 0.2) is 41.8 Å². The van der Waals surface area contributed by atoms with Crippen LogP contribution in [0.4, 0.5) is 10.8 Å².